The predicted molar refractivity (Wildman–Crippen MR) is 60.3 cm³/mol. The molecule has 0 aliphatic rings. The first-order chi connectivity index (χ1) is 6.79. The van der Waals surface area contributed by atoms with Crippen molar-refractivity contribution < 1.29 is 4.42 Å². The van der Waals surface area contributed by atoms with Crippen molar-refractivity contribution in [3.63, 3.8) is 0 Å². The van der Waals surface area contributed by atoms with Gasteiger partial charge in [0.1, 0.15) is 10.7 Å². The Kier molecular flexibility index (Phi) is 3.00. The van der Waals surface area contributed by atoms with Gasteiger partial charge in [-0.15, -0.1) is 11.3 Å². The summed E-state index contributed by atoms with van der Waals surface area (Å²) in [4.78, 5) is 4.42. The highest BCUT2D eigenvalue weighted by Crippen LogP contribution is 2.26. The Hall–Kier alpha value is -0.650. The highest BCUT2D eigenvalue weighted by molar-refractivity contribution is 9.10. The third kappa shape index (κ3) is 2.05. The van der Waals surface area contributed by atoms with Crippen LogP contribution in [0.1, 0.15) is 5.01 Å². The van der Waals surface area contributed by atoms with Crippen molar-refractivity contribution in [3.8, 4) is 11.5 Å². The van der Waals surface area contributed by atoms with E-state index in [4.69, 9.17) is 4.42 Å². The third-order valence-electron chi connectivity index (χ3n) is 1.71. The fourth-order valence-corrected chi connectivity index (χ4v) is 2.21. The molecular weight excluding hydrogens is 264 g/mol. The van der Waals surface area contributed by atoms with Gasteiger partial charge in [0.05, 0.1) is 0 Å². The summed E-state index contributed by atoms with van der Waals surface area (Å²) in [5.74, 6) is 0.801. The molecule has 14 heavy (non-hydrogen) atoms. The van der Waals surface area contributed by atoms with Crippen LogP contribution in [0, 0.1) is 0 Å². The Morgan fingerprint density at radius 1 is 1.57 bits per heavy atom. The van der Waals surface area contributed by atoms with Crippen molar-refractivity contribution in [1.82, 2.24) is 10.3 Å². The van der Waals surface area contributed by atoms with Gasteiger partial charge in [-0.1, -0.05) is 0 Å². The first kappa shape index (κ1) is 9.89. The van der Waals surface area contributed by atoms with Gasteiger partial charge in [-0.25, -0.2) is 4.98 Å². The molecule has 0 spiro atoms. The quantitative estimate of drug-likeness (QED) is 0.934. The van der Waals surface area contributed by atoms with Gasteiger partial charge in [-0.3, -0.25) is 0 Å². The Morgan fingerprint density at radius 3 is 3.07 bits per heavy atom. The molecule has 2 heterocycles. The molecule has 0 radical (unpaired) electrons. The van der Waals surface area contributed by atoms with Crippen LogP contribution in [-0.2, 0) is 6.54 Å². The SMILES string of the molecule is CNCc1nc(-c2ccc(Br)o2)cs1. The molecule has 2 aromatic rings. The molecular formula is C9H9BrN2OS. The van der Waals surface area contributed by atoms with Crippen molar-refractivity contribution in [2.45, 2.75) is 6.54 Å². The Labute approximate surface area is 94.3 Å². The third-order valence-corrected chi connectivity index (χ3v) is 2.98. The molecule has 0 unspecified atom stereocenters. The number of aromatic nitrogens is 1. The van der Waals surface area contributed by atoms with E-state index >= 15 is 0 Å². The number of hydrogen-bond acceptors (Lipinski definition) is 4. The molecule has 2 aromatic heterocycles. The summed E-state index contributed by atoms with van der Waals surface area (Å²) < 4.78 is 6.13. The van der Waals surface area contributed by atoms with Crippen molar-refractivity contribution in [1.29, 1.82) is 0 Å². The molecule has 0 atom stereocenters. The van der Waals surface area contributed by atoms with Crippen molar-refractivity contribution in [3.05, 3.63) is 27.2 Å². The molecule has 0 fully saturated rings. The lowest BCUT2D eigenvalue weighted by atomic mass is 10.4. The summed E-state index contributed by atoms with van der Waals surface area (Å²) in [5.41, 5.74) is 0.894. The number of thiazole rings is 1. The van der Waals surface area contributed by atoms with Crippen molar-refractivity contribution in [2.24, 2.45) is 0 Å². The van der Waals surface area contributed by atoms with E-state index in [9.17, 15) is 0 Å². The van der Waals surface area contributed by atoms with Crippen LogP contribution in [0.4, 0.5) is 0 Å². The summed E-state index contributed by atoms with van der Waals surface area (Å²) in [5, 5.41) is 6.12. The van der Waals surface area contributed by atoms with E-state index in [1.165, 1.54) is 0 Å². The average molecular weight is 273 g/mol. The van der Waals surface area contributed by atoms with Gasteiger partial charge in [0, 0.05) is 11.9 Å². The van der Waals surface area contributed by atoms with Crippen molar-refractivity contribution >= 4 is 27.3 Å². The predicted octanol–water partition coefficient (Wildman–Crippen LogP) is 2.89. The van der Waals surface area contributed by atoms with Gasteiger partial charge in [-0.2, -0.15) is 0 Å². The highest BCUT2D eigenvalue weighted by atomic mass is 79.9. The lowest BCUT2D eigenvalue weighted by Gasteiger charge is -1.91. The topological polar surface area (TPSA) is 38.1 Å². The fraction of sp³-hybridized carbons (Fsp3) is 0.222. The molecule has 0 aliphatic carbocycles. The zero-order valence-corrected chi connectivity index (χ0v) is 9.98. The summed E-state index contributed by atoms with van der Waals surface area (Å²) in [7, 11) is 1.91. The van der Waals surface area contributed by atoms with E-state index in [0.717, 1.165) is 27.7 Å². The van der Waals surface area contributed by atoms with Gasteiger partial charge in [0.2, 0.25) is 0 Å². The maximum absolute atomic E-state index is 5.40. The van der Waals surface area contributed by atoms with Crippen LogP contribution < -0.4 is 5.32 Å². The van der Waals surface area contributed by atoms with Gasteiger partial charge < -0.3 is 9.73 Å². The monoisotopic (exact) mass is 272 g/mol. The second-order valence-electron chi connectivity index (χ2n) is 2.76. The van der Waals surface area contributed by atoms with Gasteiger partial charge in [-0.05, 0) is 35.1 Å². The van der Waals surface area contributed by atoms with Crippen molar-refractivity contribution in [2.75, 3.05) is 7.05 Å². The molecule has 0 saturated carbocycles. The summed E-state index contributed by atoms with van der Waals surface area (Å²) in [6.45, 7) is 0.798. The minimum absolute atomic E-state index is 0.732. The Morgan fingerprint density at radius 2 is 2.43 bits per heavy atom. The van der Waals surface area contributed by atoms with E-state index in [1.54, 1.807) is 11.3 Å². The first-order valence-electron chi connectivity index (χ1n) is 4.14. The Bertz CT molecular complexity index is 424. The molecule has 0 saturated heterocycles. The molecule has 5 heteroatoms. The van der Waals surface area contributed by atoms with Crippen LogP contribution in [0.5, 0.6) is 0 Å². The van der Waals surface area contributed by atoms with Crippen LogP contribution in [-0.4, -0.2) is 12.0 Å². The molecule has 74 valence electrons. The number of furan rings is 1. The Balaban J connectivity index is 2.24. The van der Waals surface area contributed by atoms with Crippen LogP contribution >= 0.6 is 27.3 Å². The zero-order chi connectivity index (χ0) is 9.97. The smallest absolute Gasteiger partial charge is 0.169 e. The molecule has 3 nitrogen and oxygen atoms in total. The van der Waals surface area contributed by atoms with Gasteiger partial charge >= 0.3 is 0 Å². The summed E-state index contributed by atoms with van der Waals surface area (Å²) in [6.07, 6.45) is 0. The van der Waals surface area contributed by atoms with Gasteiger partial charge in [0.25, 0.3) is 0 Å². The molecule has 2 rings (SSSR count). The maximum Gasteiger partial charge on any atom is 0.169 e. The maximum atomic E-state index is 5.40. The van der Waals surface area contributed by atoms with Crippen LogP contribution in [0.2, 0.25) is 0 Å². The van der Waals surface area contributed by atoms with E-state index in [0.29, 0.717) is 0 Å². The fourth-order valence-electron chi connectivity index (χ4n) is 1.11. The number of nitrogens with one attached hydrogen (secondary N) is 1. The second-order valence-corrected chi connectivity index (χ2v) is 4.48. The van der Waals surface area contributed by atoms with E-state index in [2.05, 4.69) is 26.2 Å². The average Bonchev–Trinajstić information content (AvgIpc) is 2.74. The van der Waals surface area contributed by atoms with E-state index < -0.39 is 0 Å². The van der Waals surface area contributed by atoms with E-state index in [1.807, 2.05) is 24.6 Å². The highest BCUT2D eigenvalue weighted by Gasteiger charge is 2.07. The standard InChI is InChI=1S/C9H9BrN2OS/c1-11-4-9-12-6(5-14-9)7-2-3-8(10)13-7/h2-3,5,11H,4H2,1H3. The summed E-state index contributed by atoms with van der Waals surface area (Å²) in [6, 6.07) is 3.77. The lowest BCUT2D eigenvalue weighted by molar-refractivity contribution is 0.554. The molecule has 0 bridgehead atoms. The lowest BCUT2D eigenvalue weighted by Crippen LogP contribution is -2.04. The first-order valence-corrected chi connectivity index (χ1v) is 5.81. The second kappa shape index (κ2) is 4.25. The summed E-state index contributed by atoms with van der Waals surface area (Å²) >= 11 is 4.89. The molecule has 0 aliphatic heterocycles. The minimum atomic E-state index is 0.732. The van der Waals surface area contributed by atoms with Crippen LogP contribution in [0.3, 0.4) is 0 Å². The number of hydrogen-bond donors (Lipinski definition) is 1. The molecule has 0 amide bonds. The number of nitrogens with zero attached hydrogens (tertiary/aromatic N) is 1. The number of rotatable bonds is 3. The largest absolute Gasteiger partial charge is 0.448 e. The normalized spacial score (nSPS) is 10.7. The molecule has 0 aromatic carbocycles. The van der Waals surface area contributed by atoms with Crippen LogP contribution in [0.15, 0.2) is 26.6 Å². The number of halogens is 1. The van der Waals surface area contributed by atoms with Gasteiger partial charge in [0.15, 0.2) is 10.4 Å². The minimum Gasteiger partial charge on any atom is -0.448 e. The zero-order valence-electron chi connectivity index (χ0n) is 7.58. The van der Waals surface area contributed by atoms with Crippen LogP contribution in [0.25, 0.3) is 11.5 Å². The molecule has 1 N–H and O–H groups in total. The van der Waals surface area contributed by atoms with E-state index in [-0.39, 0.29) is 0 Å².